The molecule has 194 valence electrons. The second-order valence-electron chi connectivity index (χ2n) is 9.25. The Morgan fingerprint density at radius 1 is 1.08 bits per heavy atom. The third-order valence-corrected chi connectivity index (χ3v) is 6.60. The minimum absolute atomic E-state index is 0.0398. The van der Waals surface area contributed by atoms with Gasteiger partial charge >= 0.3 is 5.97 Å². The molecule has 0 spiro atoms. The lowest BCUT2D eigenvalue weighted by Crippen LogP contribution is -2.40. The molecule has 0 radical (unpaired) electrons. The second-order valence-corrected chi connectivity index (χ2v) is 10.3. The molecule has 1 aliphatic heterocycles. The molecule has 3 aromatic rings. The summed E-state index contributed by atoms with van der Waals surface area (Å²) in [6, 6.07) is 14.3. The summed E-state index contributed by atoms with van der Waals surface area (Å²) in [4.78, 5) is 32.2. The van der Waals surface area contributed by atoms with Crippen molar-refractivity contribution < 1.29 is 19.0 Å². The third-order valence-electron chi connectivity index (χ3n) is 5.62. The summed E-state index contributed by atoms with van der Waals surface area (Å²) in [6.45, 7) is 11.6. The SMILES string of the molecule is CCOC(=O)C1=C(C)N=c2s/c(=C\c3cccc(OC(C)C)c3)c(=O)n2[C@@H]1c1ccccc1OC(C)C. The van der Waals surface area contributed by atoms with Gasteiger partial charge < -0.3 is 14.2 Å². The van der Waals surface area contributed by atoms with Crippen LogP contribution in [0.1, 0.15) is 58.7 Å². The number of rotatable bonds is 8. The first kappa shape index (κ1) is 26.4. The number of carbonyl (C=O) groups is 1. The molecule has 8 heteroatoms. The van der Waals surface area contributed by atoms with Crippen LogP contribution in [0.15, 0.2) is 69.6 Å². The van der Waals surface area contributed by atoms with E-state index in [4.69, 9.17) is 14.2 Å². The van der Waals surface area contributed by atoms with Crippen LogP contribution < -0.4 is 24.4 Å². The summed E-state index contributed by atoms with van der Waals surface area (Å²) >= 11 is 1.29. The largest absolute Gasteiger partial charge is 0.491 e. The lowest BCUT2D eigenvalue weighted by Gasteiger charge is -2.26. The number of ether oxygens (including phenoxy) is 3. The van der Waals surface area contributed by atoms with Crippen molar-refractivity contribution in [2.75, 3.05) is 6.61 Å². The van der Waals surface area contributed by atoms with Gasteiger partial charge in [-0.2, -0.15) is 0 Å². The lowest BCUT2D eigenvalue weighted by atomic mass is 9.95. The van der Waals surface area contributed by atoms with Crippen LogP contribution in [0.2, 0.25) is 0 Å². The van der Waals surface area contributed by atoms with Crippen LogP contribution in [0.5, 0.6) is 11.5 Å². The Bertz CT molecular complexity index is 1510. The van der Waals surface area contributed by atoms with E-state index in [0.29, 0.717) is 31.9 Å². The first-order valence-electron chi connectivity index (χ1n) is 12.4. The predicted molar refractivity (Wildman–Crippen MR) is 145 cm³/mol. The molecule has 0 bridgehead atoms. The van der Waals surface area contributed by atoms with Crippen molar-refractivity contribution in [3.63, 3.8) is 0 Å². The molecule has 1 aliphatic rings. The smallest absolute Gasteiger partial charge is 0.338 e. The quantitative estimate of drug-likeness (QED) is 0.412. The van der Waals surface area contributed by atoms with E-state index in [2.05, 4.69) is 4.99 Å². The van der Waals surface area contributed by atoms with Gasteiger partial charge in [-0.1, -0.05) is 41.7 Å². The van der Waals surface area contributed by atoms with E-state index in [1.54, 1.807) is 18.4 Å². The molecule has 1 atom stereocenters. The van der Waals surface area contributed by atoms with Crippen molar-refractivity contribution in [2.45, 2.75) is 59.8 Å². The molecule has 2 aromatic carbocycles. The fourth-order valence-corrected chi connectivity index (χ4v) is 5.30. The summed E-state index contributed by atoms with van der Waals surface area (Å²) < 4.78 is 19.4. The van der Waals surface area contributed by atoms with Crippen LogP contribution in [-0.4, -0.2) is 29.4 Å². The molecule has 0 saturated heterocycles. The molecule has 0 unspecified atom stereocenters. The maximum atomic E-state index is 13.9. The molecule has 1 aromatic heterocycles. The topological polar surface area (TPSA) is 79.1 Å². The minimum atomic E-state index is -0.733. The molecular weight excluding hydrogens is 488 g/mol. The molecule has 0 saturated carbocycles. The fraction of sp³-hybridized carbons (Fsp3) is 0.345. The lowest BCUT2D eigenvalue weighted by molar-refractivity contribution is -0.139. The molecule has 0 aliphatic carbocycles. The first-order valence-corrected chi connectivity index (χ1v) is 13.2. The Morgan fingerprint density at radius 2 is 1.81 bits per heavy atom. The van der Waals surface area contributed by atoms with Crippen LogP contribution in [0, 0.1) is 0 Å². The Labute approximate surface area is 220 Å². The van der Waals surface area contributed by atoms with Crippen LogP contribution in [0.4, 0.5) is 0 Å². The Kier molecular flexibility index (Phi) is 7.97. The summed E-state index contributed by atoms with van der Waals surface area (Å²) in [5.74, 6) is 0.836. The van der Waals surface area contributed by atoms with Gasteiger partial charge in [-0.15, -0.1) is 0 Å². The number of fused-ring (bicyclic) bond motifs is 1. The average molecular weight is 521 g/mol. The number of thiazole rings is 1. The number of hydrogen-bond donors (Lipinski definition) is 0. The van der Waals surface area contributed by atoms with Gasteiger partial charge in [-0.05, 0) is 71.4 Å². The number of esters is 1. The van der Waals surface area contributed by atoms with Crippen molar-refractivity contribution in [1.29, 1.82) is 0 Å². The molecule has 0 fully saturated rings. The molecule has 37 heavy (non-hydrogen) atoms. The molecule has 7 nitrogen and oxygen atoms in total. The van der Waals surface area contributed by atoms with Crippen molar-refractivity contribution >= 4 is 23.4 Å². The van der Waals surface area contributed by atoms with Crippen molar-refractivity contribution in [3.8, 4) is 11.5 Å². The zero-order valence-corrected chi connectivity index (χ0v) is 22.8. The summed E-state index contributed by atoms with van der Waals surface area (Å²) in [6.07, 6.45) is 1.78. The minimum Gasteiger partial charge on any atom is -0.491 e. The number of aromatic nitrogens is 1. The van der Waals surface area contributed by atoms with Gasteiger partial charge in [0, 0.05) is 5.56 Å². The average Bonchev–Trinajstić information content (AvgIpc) is 3.12. The number of benzene rings is 2. The third kappa shape index (κ3) is 5.69. The monoisotopic (exact) mass is 520 g/mol. The summed E-state index contributed by atoms with van der Waals surface area (Å²) in [7, 11) is 0. The van der Waals surface area contributed by atoms with E-state index in [9.17, 15) is 9.59 Å². The van der Waals surface area contributed by atoms with Crippen molar-refractivity contribution in [1.82, 2.24) is 4.57 Å². The Hall–Kier alpha value is -3.65. The standard InChI is InChI=1S/C29H32N2O5S/c1-7-34-28(33)25-19(6)30-29-31(26(25)22-13-8-9-14-23(22)36-18(4)5)27(32)24(37-29)16-20-11-10-12-21(15-20)35-17(2)3/h8-18,26H,7H2,1-6H3/b24-16-/t26-/m1/s1. The van der Waals surface area contributed by atoms with Gasteiger partial charge in [0.2, 0.25) is 0 Å². The first-order chi connectivity index (χ1) is 17.7. The van der Waals surface area contributed by atoms with E-state index in [-0.39, 0.29) is 24.4 Å². The molecular formula is C29H32N2O5S. The number of hydrogen-bond acceptors (Lipinski definition) is 7. The highest BCUT2D eigenvalue weighted by atomic mass is 32.1. The van der Waals surface area contributed by atoms with E-state index >= 15 is 0 Å². The molecule has 4 rings (SSSR count). The van der Waals surface area contributed by atoms with Crippen LogP contribution in [0.3, 0.4) is 0 Å². The highest BCUT2D eigenvalue weighted by Gasteiger charge is 2.35. The van der Waals surface area contributed by atoms with Gasteiger partial charge in [0.05, 0.1) is 34.6 Å². The zero-order chi connectivity index (χ0) is 26.7. The van der Waals surface area contributed by atoms with Gasteiger partial charge in [0.15, 0.2) is 4.80 Å². The molecule has 2 heterocycles. The summed E-state index contributed by atoms with van der Waals surface area (Å²) in [5.41, 5.74) is 2.15. The number of allylic oxidation sites excluding steroid dienone is 1. The van der Waals surface area contributed by atoms with E-state index in [1.165, 1.54) is 11.3 Å². The second kappa shape index (κ2) is 11.2. The van der Waals surface area contributed by atoms with Gasteiger partial charge in [-0.25, -0.2) is 9.79 Å². The van der Waals surface area contributed by atoms with E-state index in [1.807, 2.05) is 82.3 Å². The zero-order valence-electron chi connectivity index (χ0n) is 22.0. The van der Waals surface area contributed by atoms with Crippen LogP contribution in [-0.2, 0) is 9.53 Å². The highest BCUT2D eigenvalue weighted by molar-refractivity contribution is 7.07. The van der Waals surface area contributed by atoms with Crippen molar-refractivity contribution in [2.24, 2.45) is 4.99 Å². The fourth-order valence-electron chi connectivity index (χ4n) is 4.25. The Balaban J connectivity index is 1.93. The molecule has 0 N–H and O–H groups in total. The number of para-hydroxylation sites is 1. The maximum absolute atomic E-state index is 13.9. The van der Waals surface area contributed by atoms with E-state index < -0.39 is 12.0 Å². The van der Waals surface area contributed by atoms with Gasteiger partial charge in [0.1, 0.15) is 17.5 Å². The van der Waals surface area contributed by atoms with Gasteiger partial charge in [0.25, 0.3) is 5.56 Å². The Morgan fingerprint density at radius 3 is 2.51 bits per heavy atom. The van der Waals surface area contributed by atoms with E-state index in [0.717, 1.165) is 11.3 Å². The maximum Gasteiger partial charge on any atom is 0.338 e. The number of carbonyl (C=O) groups excluding carboxylic acids is 1. The van der Waals surface area contributed by atoms with Gasteiger partial charge in [-0.3, -0.25) is 9.36 Å². The number of nitrogens with zero attached hydrogens (tertiary/aromatic N) is 2. The van der Waals surface area contributed by atoms with Crippen molar-refractivity contribution in [3.05, 3.63) is 90.6 Å². The summed E-state index contributed by atoms with van der Waals surface area (Å²) in [5, 5.41) is 0. The van der Waals surface area contributed by atoms with Crippen LogP contribution >= 0.6 is 11.3 Å². The highest BCUT2D eigenvalue weighted by Crippen LogP contribution is 2.36. The normalized spacial score (nSPS) is 15.6. The molecule has 0 amide bonds. The van der Waals surface area contributed by atoms with Crippen LogP contribution in [0.25, 0.3) is 6.08 Å². The predicted octanol–water partition coefficient (Wildman–Crippen LogP) is 4.37.